The molecule has 2 aromatic carbocycles. The highest BCUT2D eigenvalue weighted by molar-refractivity contribution is 5.96. The maximum absolute atomic E-state index is 13.4. The summed E-state index contributed by atoms with van der Waals surface area (Å²) < 4.78 is 44.4. The van der Waals surface area contributed by atoms with Gasteiger partial charge >= 0.3 is 6.18 Å². The van der Waals surface area contributed by atoms with E-state index < -0.39 is 17.6 Å². The van der Waals surface area contributed by atoms with E-state index in [-0.39, 0.29) is 37.0 Å². The molecule has 0 aliphatic rings. The first-order valence-corrected chi connectivity index (χ1v) is 11.4. The SMILES string of the molecule is Cc1ccc(CN(Cc2ccccc2)C(=O)CN(CC(C)C)C(=O)c2ccc(C(F)(F)F)cc2)o1. The summed E-state index contributed by atoms with van der Waals surface area (Å²) in [4.78, 5) is 29.6. The molecule has 0 saturated carbocycles. The molecule has 0 spiro atoms. The van der Waals surface area contributed by atoms with Gasteiger partial charge in [-0.1, -0.05) is 44.2 Å². The van der Waals surface area contributed by atoms with Gasteiger partial charge < -0.3 is 14.2 Å². The minimum atomic E-state index is -4.49. The number of carbonyl (C=O) groups excluding carboxylic acids is 2. The second-order valence-electron chi connectivity index (χ2n) is 8.90. The second kappa shape index (κ2) is 11.3. The number of benzene rings is 2. The van der Waals surface area contributed by atoms with Crippen molar-refractivity contribution in [2.24, 2.45) is 5.92 Å². The Morgan fingerprint density at radius 3 is 2.09 bits per heavy atom. The number of carbonyl (C=O) groups is 2. The summed E-state index contributed by atoms with van der Waals surface area (Å²) in [6.45, 7) is 6.26. The Labute approximate surface area is 203 Å². The van der Waals surface area contributed by atoms with Crippen LogP contribution in [-0.4, -0.2) is 34.7 Å². The Balaban J connectivity index is 1.81. The van der Waals surface area contributed by atoms with Gasteiger partial charge in [-0.3, -0.25) is 9.59 Å². The van der Waals surface area contributed by atoms with Crippen LogP contribution in [0.4, 0.5) is 13.2 Å². The molecule has 0 saturated heterocycles. The first-order chi connectivity index (χ1) is 16.5. The minimum absolute atomic E-state index is 0.0523. The molecule has 5 nitrogen and oxygen atoms in total. The summed E-state index contributed by atoms with van der Waals surface area (Å²) in [5.74, 6) is 0.622. The lowest BCUT2D eigenvalue weighted by Gasteiger charge is -2.28. The predicted octanol–water partition coefficient (Wildman–Crippen LogP) is 5.93. The van der Waals surface area contributed by atoms with E-state index in [9.17, 15) is 22.8 Å². The minimum Gasteiger partial charge on any atom is -0.464 e. The molecule has 0 atom stereocenters. The molecule has 0 radical (unpaired) electrons. The quantitative estimate of drug-likeness (QED) is 0.377. The monoisotopic (exact) mass is 486 g/mol. The number of rotatable bonds is 9. The zero-order valence-electron chi connectivity index (χ0n) is 20.0. The number of hydrogen-bond donors (Lipinski definition) is 0. The number of amides is 2. The lowest BCUT2D eigenvalue weighted by molar-refractivity contribution is -0.137. The molecule has 3 rings (SSSR count). The average Bonchev–Trinajstić information content (AvgIpc) is 3.22. The third kappa shape index (κ3) is 7.47. The van der Waals surface area contributed by atoms with Crippen LogP contribution in [0.25, 0.3) is 0 Å². The fourth-order valence-electron chi connectivity index (χ4n) is 3.70. The van der Waals surface area contributed by atoms with Crippen LogP contribution in [-0.2, 0) is 24.1 Å². The average molecular weight is 487 g/mol. The van der Waals surface area contributed by atoms with Gasteiger partial charge in [0, 0.05) is 18.7 Å². The van der Waals surface area contributed by atoms with Gasteiger partial charge in [-0.05, 0) is 54.8 Å². The van der Waals surface area contributed by atoms with E-state index in [2.05, 4.69) is 0 Å². The van der Waals surface area contributed by atoms with Crippen molar-refractivity contribution in [3.8, 4) is 0 Å². The first-order valence-electron chi connectivity index (χ1n) is 11.4. The van der Waals surface area contributed by atoms with Gasteiger partial charge in [0.2, 0.25) is 5.91 Å². The van der Waals surface area contributed by atoms with Crippen molar-refractivity contribution in [2.45, 2.75) is 40.0 Å². The van der Waals surface area contributed by atoms with Gasteiger partial charge in [-0.15, -0.1) is 0 Å². The van der Waals surface area contributed by atoms with Crippen LogP contribution in [0.5, 0.6) is 0 Å². The van der Waals surface area contributed by atoms with Gasteiger partial charge in [0.15, 0.2) is 0 Å². The van der Waals surface area contributed by atoms with E-state index in [0.717, 1.165) is 35.6 Å². The van der Waals surface area contributed by atoms with Crippen LogP contribution in [0.1, 0.15) is 46.9 Å². The van der Waals surface area contributed by atoms with E-state index in [1.807, 2.05) is 57.2 Å². The van der Waals surface area contributed by atoms with Crippen molar-refractivity contribution >= 4 is 11.8 Å². The molecule has 186 valence electrons. The largest absolute Gasteiger partial charge is 0.464 e. The zero-order chi connectivity index (χ0) is 25.6. The number of alkyl halides is 3. The molecule has 3 aromatic rings. The molecule has 2 amide bonds. The van der Waals surface area contributed by atoms with Crippen LogP contribution in [0.15, 0.2) is 71.1 Å². The Morgan fingerprint density at radius 1 is 0.886 bits per heavy atom. The second-order valence-corrected chi connectivity index (χ2v) is 8.90. The van der Waals surface area contributed by atoms with Crippen LogP contribution in [0, 0.1) is 12.8 Å². The highest BCUT2D eigenvalue weighted by Crippen LogP contribution is 2.29. The molecule has 35 heavy (non-hydrogen) atoms. The normalized spacial score (nSPS) is 11.5. The van der Waals surface area contributed by atoms with E-state index in [4.69, 9.17) is 4.42 Å². The fraction of sp³-hybridized carbons (Fsp3) is 0.333. The Hall–Kier alpha value is -3.55. The van der Waals surface area contributed by atoms with Crippen molar-refractivity contribution in [2.75, 3.05) is 13.1 Å². The molecule has 0 aliphatic heterocycles. The number of aryl methyl sites for hydroxylation is 1. The predicted molar refractivity (Wildman–Crippen MR) is 126 cm³/mol. The molecular weight excluding hydrogens is 457 g/mol. The molecule has 8 heteroatoms. The molecule has 0 bridgehead atoms. The van der Waals surface area contributed by atoms with E-state index in [0.29, 0.717) is 12.3 Å². The molecule has 0 unspecified atom stereocenters. The lowest BCUT2D eigenvalue weighted by atomic mass is 10.1. The lowest BCUT2D eigenvalue weighted by Crippen LogP contribution is -2.43. The highest BCUT2D eigenvalue weighted by Gasteiger charge is 2.31. The topological polar surface area (TPSA) is 53.8 Å². The van der Waals surface area contributed by atoms with Gasteiger partial charge in [-0.25, -0.2) is 0 Å². The van der Waals surface area contributed by atoms with Crippen LogP contribution in [0.2, 0.25) is 0 Å². The van der Waals surface area contributed by atoms with Crippen molar-refractivity contribution in [3.05, 3.63) is 94.9 Å². The molecule has 1 aromatic heterocycles. The van der Waals surface area contributed by atoms with Gasteiger partial charge in [0.1, 0.15) is 18.1 Å². The molecule has 0 aliphatic carbocycles. The molecular formula is C27H29F3N2O3. The summed E-state index contributed by atoms with van der Waals surface area (Å²) >= 11 is 0. The van der Waals surface area contributed by atoms with E-state index >= 15 is 0 Å². The first kappa shape index (κ1) is 26.1. The highest BCUT2D eigenvalue weighted by atomic mass is 19.4. The van der Waals surface area contributed by atoms with Crippen LogP contribution < -0.4 is 0 Å². The van der Waals surface area contributed by atoms with Crippen molar-refractivity contribution < 1.29 is 27.2 Å². The van der Waals surface area contributed by atoms with Crippen molar-refractivity contribution in [1.82, 2.24) is 9.80 Å². The van der Waals surface area contributed by atoms with Gasteiger partial charge in [0.25, 0.3) is 5.91 Å². The standard InChI is InChI=1S/C27H29F3N2O3/c1-19(2)15-32(26(34)22-10-12-23(13-11-22)27(28,29)30)18-25(33)31(16-21-7-5-4-6-8-21)17-24-14-9-20(3)35-24/h4-14,19H,15-18H2,1-3H3. The van der Waals surface area contributed by atoms with Crippen LogP contribution in [0.3, 0.4) is 0 Å². The number of furan rings is 1. The Morgan fingerprint density at radius 2 is 1.54 bits per heavy atom. The van der Waals surface area contributed by atoms with E-state index in [1.165, 1.54) is 4.90 Å². The van der Waals surface area contributed by atoms with Gasteiger partial charge in [-0.2, -0.15) is 13.2 Å². The summed E-state index contributed by atoms with van der Waals surface area (Å²) in [5.41, 5.74) is 0.194. The Bertz CT molecular complexity index is 1120. The number of nitrogens with zero attached hydrogens (tertiary/aromatic N) is 2. The van der Waals surface area contributed by atoms with Crippen LogP contribution >= 0.6 is 0 Å². The maximum Gasteiger partial charge on any atom is 0.416 e. The fourth-order valence-corrected chi connectivity index (χ4v) is 3.70. The smallest absolute Gasteiger partial charge is 0.416 e. The van der Waals surface area contributed by atoms with Crippen molar-refractivity contribution in [1.29, 1.82) is 0 Å². The zero-order valence-corrected chi connectivity index (χ0v) is 20.0. The third-order valence-corrected chi connectivity index (χ3v) is 5.37. The van der Waals surface area contributed by atoms with E-state index in [1.54, 1.807) is 11.0 Å². The van der Waals surface area contributed by atoms with Crippen molar-refractivity contribution in [3.63, 3.8) is 0 Å². The summed E-state index contributed by atoms with van der Waals surface area (Å²) in [7, 11) is 0. The third-order valence-electron chi connectivity index (χ3n) is 5.37. The maximum atomic E-state index is 13.4. The Kier molecular flexibility index (Phi) is 8.38. The number of hydrogen-bond acceptors (Lipinski definition) is 3. The molecule has 0 N–H and O–H groups in total. The summed E-state index contributed by atoms with van der Waals surface area (Å²) in [6.07, 6.45) is -4.49. The molecule has 0 fully saturated rings. The summed E-state index contributed by atoms with van der Waals surface area (Å²) in [6, 6.07) is 17.2. The molecule has 1 heterocycles. The van der Waals surface area contributed by atoms with Gasteiger partial charge in [0.05, 0.1) is 12.1 Å². The number of halogens is 3. The summed E-state index contributed by atoms with van der Waals surface area (Å²) in [5, 5.41) is 0.